The maximum absolute atomic E-state index is 13.3. The summed E-state index contributed by atoms with van der Waals surface area (Å²) in [6, 6.07) is 8.22. The van der Waals surface area contributed by atoms with Crippen LogP contribution >= 0.6 is 23.2 Å². The minimum Gasteiger partial charge on any atom is -0.495 e. The molecule has 0 saturated carbocycles. The first-order valence-corrected chi connectivity index (χ1v) is 11.0. The van der Waals surface area contributed by atoms with Crippen LogP contribution in [0.15, 0.2) is 41.3 Å². The number of hydrogen-bond acceptors (Lipinski definition) is 4. The third-order valence-corrected chi connectivity index (χ3v) is 7.10. The van der Waals surface area contributed by atoms with Gasteiger partial charge in [-0.05, 0) is 49.2 Å². The maximum Gasteiger partial charge on any atom is 0.246 e. The summed E-state index contributed by atoms with van der Waals surface area (Å²) >= 11 is 11.7. The van der Waals surface area contributed by atoms with Gasteiger partial charge in [-0.15, -0.1) is 0 Å². The van der Waals surface area contributed by atoms with E-state index >= 15 is 0 Å². The molecule has 2 aromatic carbocycles. The lowest BCUT2D eigenvalue weighted by molar-refractivity contribution is -0.120. The summed E-state index contributed by atoms with van der Waals surface area (Å²) in [5.41, 5.74) is 0.345. The molecule has 1 fully saturated rings. The number of rotatable bonds is 5. The van der Waals surface area contributed by atoms with Crippen LogP contribution in [0, 0.1) is 11.7 Å². The van der Waals surface area contributed by atoms with E-state index in [1.165, 1.54) is 35.7 Å². The van der Waals surface area contributed by atoms with Crippen molar-refractivity contribution in [1.29, 1.82) is 0 Å². The van der Waals surface area contributed by atoms with Crippen molar-refractivity contribution in [3.05, 3.63) is 52.3 Å². The maximum atomic E-state index is 13.3. The number of carbonyl (C=O) groups excluding carboxylic acids is 1. The Morgan fingerprint density at radius 1 is 1.24 bits per heavy atom. The fourth-order valence-electron chi connectivity index (χ4n) is 3.18. The van der Waals surface area contributed by atoms with E-state index in [2.05, 4.69) is 5.32 Å². The number of halogens is 3. The standard InChI is InChI=1S/C19H19Cl2FN2O4S/c1-28-17-7-4-13(20)9-18(17)29(26,27)24-8-2-3-12(11-24)19(25)23-14-5-6-16(22)15(21)10-14/h4-7,9-10,12H,2-3,8,11H2,1H3,(H,23,25)/t12-/m0/s1. The monoisotopic (exact) mass is 460 g/mol. The molecule has 29 heavy (non-hydrogen) atoms. The second-order valence-electron chi connectivity index (χ2n) is 6.62. The van der Waals surface area contributed by atoms with Crippen LogP contribution in [-0.2, 0) is 14.8 Å². The number of nitrogens with zero attached hydrogens (tertiary/aromatic N) is 1. The van der Waals surface area contributed by atoms with Gasteiger partial charge in [-0.25, -0.2) is 12.8 Å². The highest BCUT2D eigenvalue weighted by atomic mass is 35.5. The van der Waals surface area contributed by atoms with Crippen LogP contribution in [0.25, 0.3) is 0 Å². The molecule has 1 saturated heterocycles. The predicted molar refractivity (Wildman–Crippen MR) is 110 cm³/mol. The first-order chi connectivity index (χ1) is 13.7. The number of benzene rings is 2. The summed E-state index contributed by atoms with van der Waals surface area (Å²) in [7, 11) is -2.53. The van der Waals surface area contributed by atoms with Crippen LogP contribution < -0.4 is 10.1 Å². The van der Waals surface area contributed by atoms with E-state index < -0.39 is 21.8 Å². The Morgan fingerprint density at radius 2 is 2.00 bits per heavy atom. The molecule has 1 heterocycles. The van der Waals surface area contributed by atoms with E-state index in [9.17, 15) is 17.6 Å². The van der Waals surface area contributed by atoms with Gasteiger partial charge in [0.05, 0.1) is 18.1 Å². The van der Waals surface area contributed by atoms with Crippen molar-refractivity contribution < 1.29 is 22.3 Å². The third-order valence-electron chi connectivity index (χ3n) is 4.69. The number of methoxy groups -OCH3 is 1. The molecule has 1 aliphatic heterocycles. The summed E-state index contributed by atoms with van der Waals surface area (Å²) in [4.78, 5) is 12.6. The summed E-state index contributed by atoms with van der Waals surface area (Å²) < 4.78 is 46.0. The largest absolute Gasteiger partial charge is 0.495 e. The molecule has 6 nitrogen and oxygen atoms in total. The highest BCUT2D eigenvalue weighted by Gasteiger charge is 2.35. The van der Waals surface area contributed by atoms with E-state index in [1.807, 2.05) is 0 Å². The highest BCUT2D eigenvalue weighted by molar-refractivity contribution is 7.89. The Balaban J connectivity index is 1.78. The van der Waals surface area contributed by atoms with Crippen molar-refractivity contribution in [2.24, 2.45) is 5.92 Å². The van der Waals surface area contributed by atoms with Gasteiger partial charge >= 0.3 is 0 Å². The molecule has 2 aromatic rings. The fourth-order valence-corrected chi connectivity index (χ4v) is 5.31. The van der Waals surface area contributed by atoms with Crippen LogP contribution in [0.1, 0.15) is 12.8 Å². The first-order valence-electron chi connectivity index (χ1n) is 8.82. The lowest BCUT2D eigenvalue weighted by Gasteiger charge is -2.31. The summed E-state index contributed by atoms with van der Waals surface area (Å²) in [6.45, 7) is 0.295. The van der Waals surface area contributed by atoms with Gasteiger partial charge in [0.1, 0.15) is 16.5 Å². The minimum atomic E-state index is -3.91. The molecule has 1 N–H and O–H groups in total. The van der Waals surface area contributed by atoms with Crippen LogP contribution in [0.2, 0.25) is 10.0 Å². The summed E-state index contributed by atoms with van der Waals surface area (Å²) in [5, 5.41) is 2.83. The molecule has 1 amide bonds. The SMILES string of the molecule is COc1ccc(Cl)cc1S(=O)(=O)N1CCC[C@H](C(=O)Nc2ccc(F)c(Cl)c2)C1. The summed E-state index contributed by atoms with van der Waals surface area (Å²) in [6.07, 6.45) is 1.05. The number of nitrogens with one attached hydrogen (secondary N) is 1. The number of carbonyl (C=O) groups is 1. The van der Waals surface area contributed by atoms with Gasteiger partial charge in [0, 0.05) is 23.8 Å². The van der Waals surface area contributed by atoms with E-state index in [1.54, 1.807) is 6.07 Å². The molecule has 3 rings (SSSR count). The molecule has 0 radical (unpaired) electrons. The first kappa shape index (κ1) is 21.8. The molecule has 1 aliphatic rings. The van der Waals surface area contributed by atoms with Gasteiger partial charge in [-0.2, -0.15) is 4.31 Å². The Hall–Kier alpha value is -1.87. The lowest BCUT2D eigenvalue weighted by atomic mass is 9.99. The lowest BCUT2D eigenvalue weighted by Crippen LogP contribution is -2.43. The predicted octanol–water partition coefficient (Wildman–Crippen LogP) is 4.18. The van der Waals surface area contributed by atoms with Gasteiger partial charge in [-0.3, -0.25) is 4.79 Å². The molecule has 1 atom stereocenters. The van der Waals surface area contributed by atoms with Gasteiger partial charge in [0.15, 0.2) is 0 Å². The molecule has 0 aliphatic carbocycles. The highest BCUT2D eigenvalue weighted by Crippen LogP contribution is 2.32. The number of amides is 1. The molecule has 0 bridgehead atoms. The molecule has 0 unspecified atom stereocenters. The number of sulfonamides is 1. The molecular formula is C19H19Cl2FN2O4S. The average molecular weight is 461 g/mol. The van der Waals surface area contributed by atoms with Crippen LogP contribution in [0.3, 0.4) is 0 Å². The van der Waals surface area contributed by atoms with Gasteiger partial charge < -0.3 is 10.1 Å². The van der Waals surface area contributed by atoms with Crippen molar-refractivity contribution in [3.8, 4) is 5.75 Å². The normalized spacial score (nSPS) is 17.7. The molecule has 0 spiro atoms. The van der Waals surface area contributed by atoms with E-state index in [4.69, 9.17) is 27.9 Å². The van der Waals surface area contributed by atoms with Crippen molar-refractivity contribution in [2.45, 2.75) is 17.7 Å². The average Bonchev–Trinajstić information content (AvgIpc) is 2.70. The van der Waals surface area contributed by atoms with Crippen molar-refractivity contribution in [3.63, 3.8) is 0 Å². The molecule has 156 valence electrons. The number of ether oxygens (including phenoxy) is 1. The van der Waals surface area contributed by atoms with Gasteiger partial charge in [0.2, 0.25) is 15.9 Å². The second kappa shape index (κ2) is 8.87. The molecular weight excluding hydrogens is 442 g/mol. The van der Waals surface area contributed by atoms with Crippen LogP contribution in [0.5, 0.6) is 5.75 Å². The molecule has 10 heteroatoms. The Morgan fingerprint density at radius 3 is 2.69 bits per heavy atom. The van der Waals surface area contributed by atoms with E-state index in [0.717, 1.165) is 6.07 Å². The second-order valence-corrected chi connectivity index (χ2v) is 9.37. The van der Waals surface area contributed by atoms with Crippen molar-refractivity contribution in [1.82, 2.24) is 4.31 Å². The number of piperidine rings is 1. The summed E-state index contributed by atoms with van der Waals surface area (Å²) in [5.74, 6) is -1.32. The quantitative estimate of drug-likeness (QED) is 0.725. The zero-order valence-electron chi connectivity index (χ0n) is 15.5. The van der Waals surface area contributed by atoms with Gasteiger partial charge in [0.25, 0.3) is 0 Å². The Kier molecular flexibility index (Phi) is 6.68. The smallest absolute Gasteiger partial charge is 0.246 e. The minimum absolute atomic E-state index is 0.0127. The van der Waals surface area contributed by atoms with Gasteiger partial charge in [-0.1, -0.05) is 23.2 Å². The van der Waals surface area contributed by atoms with Crippen molar-refractivity contribution >= 4 is 44.8 Å². The van der Waals surface area contributed by atoms with Crippen LogP contribution in [0.4, 0.5) is 10.1 Å². The number of hydrogen-bond donors (Lipinski definition) is 1. The third kappa shape index (κ3) is 4.83. The molecule has 0 aromatic heterocycles. The Bertz CT molecular complexity index is 1030. The fraction of sp³-hybridized carbons (Fsp3) is 0.316. The zero-order chi connectivity index (χ0) is 21.2. The van der Waals surface area contributed by atoms with Crippen LogP contribution in [-0.4, -0.2) is 38.8 Å². The van der Waals surface area contributed by atoms with E-state index in [-0.39, 0.29) is 39.7 Å². The Labute approximate surface area is 178 Å². The van der Waals surface area contributed by atoms with Crippen molar-refractivity contribution in [2.75, 3.05) is 25.5 Å². The zero-order valence-corrected chi connectivity index (χ0v) is 17.8. The van der Waals surface area contributed by atoms with E-state index in [0.29, 0.717) is 18.5 Å². The number of anilines is 1. The topological polar surface area (TPSA) is 75.7 Å².